The van der Waals surface area contributed by atoms with Crippen LogP contribution < -0.4 is 10.6 Å². The Balaban J connectivity index is 2.11. The highest BCUT2D eigenvalue weighted by Crippen LogP contribution is 2.16. The molecular weight excluding hydrogens is 267 g/mol. The van der Waals surface area contributed by atoms with Gasteiger partial charge in [-0.1, -0.05) is 24.3 Å². The average molecular weight is 286 g/mol. The van der Waals surface area contributed by atoms with Crippen LogP contribution in [0.3, 0.4) is 0 Å². The van der Waals surface area contributed by atoms with Gasteiger partial charge in [-0.25, -0.2) is 4.39 Å². The molecule has 4 heteroatoms. The lowest BCUT2D eigenvalue weighted by Crippen LogP contribution is -2.23. The first-order valence-electron chi connectivity index (χ1n) is 6.83. The standard InChI is InChI=1S/C17H19FN2O/c1-11-8-13(9-12(2)16(11)18)10-20-17(21)14-6-4-5-7-15(14)19-3/h4-9,19H,10H2,1-3H3,(H,20,21). The number of aryl methyl sites for hydroxylation is 2. The largest absolute Gasteiger partial charge is 0.387 e. The molecule has 2 aromatic carbocycles. The number of rotatable bonds is 4. The van der Waals surface area contributed by atoms with Gasteiger partial charge >= 0.3 is 0 Å². The molecule has 3 nitrogen and oxygen atoms in total. The van der Waals surface area contributed by atoms with Gasteiger partial charge in [0.25, 0.3) is 5.91 Å². The van der Waals surface area contributed by atoms with Crippen molar-refractivity contribution in [2.45, 2.75) is 20.4 Å². The fourth-order valence-electron chi connectivity index (χ4n) is 2.31. The van der Waals surface area contributed by atoms with E-state index in [2.05, 4.69) is 10.6 Å². The summed E-state index contributed by atoms with van der Waals surface area (Å²) in [5.41, 5.74) is 3.45. The number of hydrogen-bond donors (Lipinski definition) is 2. The lowest BCUT2D eigenvalue weighted by molar-refractivity contribution is 0.0951. The highest BCUT2D eigenvalue weighted by atomic mass is 19.1. The number of anilines is 1. The van der Waals surface area contributed by atoms with Gasteiger partial charge in [-0.2, -0.15) is 0 Å². The maximum atomic E-state index is 13.6. The molecule has 0 radical (unpaired) electrons. The van der Waals surface area contributed by atoms with Gasteiger partial charge in [-0.15, -0.1) is 0 Å². The van der Waals surface area contributed by atoms with Crippen LogP contribution in [-0.4, -0.2) is 13.0 Å². The molecule has 0 atom stereocenters. The number of amides is 1. The SMILES string of the molecule is CNc1ccccc1C(=O)NCc1cc(C)c(F)c(C)c1. The molecule has 0 saturated carbocycles. The molecule has 0 saturated heterocycles. The second-order valence-electron chi connectivity index (χ2n) is 5.02. The molecule has 0 aliphatic rings. The van der Waals surface area contributed by atoms with E-state index in [0.717, 1.165) is 11.3 Å². The third kappa shape index (κ3) is 3.40. The molecule has 2 rings (SSSR count). The first kappa shape index (κ1) is 15.0. The van der Waals surface area contributed by atoms with E-state index in [4.69, 9.17) is 0 Å². The van der Waals surface area contributed by atoms with Gasteiger partial charge in [0.2, 0.25) is 0 Å². The van der Waals surface area contributed by atoms with Crippen LogP contribution in [0.1, 0.15) is 27.0 Å². The van der Waals surface area contributed by atoms with Gasteiger partial charge < -0.3 is 10.6 Å². The Morgan fingerprint density at radius 2 is 1.76 bits per heavy atom. The molecule has 0 unspecified atom stereocenters. The summed E-state index contributed by atoms with van der Waals surface area (Å²) in [6, 6.07) is 10.8. The molecule has 0 spiro atoms. The fraction of sp³-hybridized carbons (Fsp3) is 0.235. The van der Waals surface area contributed by atoms with E-state index in [1.165, 1.54) is 0 Å². The van der Waals surface area contributed by atoms with Crippen molar-refractivity contribution < 1.29 is 9.18 Å². The van der Waals surface area contributed by atoms with Crippen molar-refractivity contribution in [3.8, 4) is 0 Å². The van der Waals surface area contributed by atoms with E-state index in [1.807, 2.05) is 18.2 Å². The molecule has 21 heavy (non-hydrogen) atoms. The van der Waals surface area contributed by atoms with Gasteiger partial charge in [0, 0.05) is 19.3 Å². The van der Waals surface area contributed by atoms with Crippen LogP contribution in [0.5, 0.6) is 0 Å². The first-order chi connectivity index (χ1) is 10.0. The van der Waals surface area contributed by atoms with Crippen molar-refractivity contribution in [3.63, 3.8) is 0 Å². The van der Waals surface area contributed by atoms with E-state index in [9.17, 15) is 9.18 Å². The lowest BCUT2D eigenvalue weighted by Gasteiger charge is -2.11. The number of nitrogens with one attached hydrogen (secondary N) is 2. The van der Waals surface area contributed by atoms with Gasteiger partial charge in [-0.05, 0) is 42.7 Å². The van der Waals surface area contributed by atoms with Crippen LogP contribution in [0.15, 0.2) is 36.4 Å². The molecule has 1 amide bonds. The maximum Gasteiger partial charge on any atom is 0.253 e. The minimum atomic E-state index is -0.189. The minimum absolute atomic E-state index is 0.153. The second kappa shape index (κ2) is 6.39. The third-order valence-corrected chi connectivity index (χ3v) is 3.39. The molecule has 0 bridgehead atoms. The summed E-state index contributed by atoms with van der Waals surface area (Å²) in [7, 11) is 1.78. The predicted molar refractivity (Wildman–Crippen MR) is 83.0 cm³/mol. The second-order valence-corrected chi connectivity index (χ2v) is 5.02. The van der Waals surface area contributed by atoms with E-state index in [0.29, 0.717) is 23.2 Å². The number of benzene rings is 2. The molecular formula is C17H19FN2O. The van der Waals surface area contributed by atoms with Crippen molar-refractivity contribution >= 4 is 11.6 Å². The van der Waals surface area contributed by atoms with E-state index in [1.54, 1.807) is 39.1 Å². The molecule has 0 aromatic heterocycles. The van der Waals surface area contributed by atoms with Crippen molar-refractivity contribution in [2.24, 2.45) is 0 Å². The van der Waals surface area contributed by atoms with Crippen molar-refractivity contribution in [1.29, 1.82) is 0 Å². The summed E-state index contributed by atoms with van der Waals surface area (Å²) in [5, 5.41) is 5.85. The van der Waals surface area contributed by atoms with Gasteiger partial charge in [0.1, 0.15) is 5.82 Å². The molecule has 0 fully saturated rings. The fourth-order valence-corrected chi connectivity index (χ4v) is 2.31. The smallest absolute Gasteiger partial charge is 0.253 e. The van der Waals surface area contributed by atoms with Gasteiger partial charge in [-0.3, -0.25) is 4.79 Å². The molecule has 2 aromatic rings. The molecule has 0 heterocycles. The molecule has 0 aliphatic carbocycles. The highest BCUT2D eigenvalue weighted by molar-refractivity contribution is 5.99. The highest BCUT2D eigenvalue weighted by Gasteiger charge is 2.10. The molecule has 2 N–H and O–H groups in total. The number of hydrogen-bond acceptors (Lipinski definition) is 2. The predicted octanol–water partition coefficient (Wildman–Crippen LogP) is 3.41. The summed E-state index contributed by atoms with van der Waals surface area (Å²) in [4.78, 5) is 12.2. The van der Waals surface area contributed by atoms with Crippen LogP contribution in [0, 0.1) is 19.7 Å². The lowest BCUT2D eigenvalue weighted by atomic mass is 10.1. The van der Waals surface area contributed by atoms with Crippen LogP contribution in [0.2, 0.25) is 0 Å². The summed E-state index contributed by atoms with van der Waals surface area (Å²) in [6.07, 6.45) is 0. The first-order valence-corrected chi connectivity index (χ1v) is 6.83. The van der Waals surface area contributed by atoms with E-state index < -0.39 is 0 Å². The average Bonchev–Trinajstić information content (AvgIpc) is 2.50. The summed E-state index contributed by atoms with van der Waals surface area (Å²) < 4.78 is 13.6. The Kier molecular flexibility index (Phi) is 4.58. The van der Waals surface area contributed by atoms with Crippen molar-refractivity contribution in [3.05, 3.63) is 64.5 Å². The number of carbonyl (C=O) groups is 1. The quantitative estimate of drug-likeness (QED) is 0.904. The molecule has 0 aliphatic heterocycles. The minimum Gasteiger partial charge on any atom is -0.387 e. The van der Waals surface area contributed by atoms with E-state index in [-0.39, 0.29) is 11.7 Å². The maximum absolute atomic E-state index is 13.6. The number of halogens is 1. The summed E-state index contributed by atoms with van der Waals surface area (Å²) >= 11 is 0. The Morgan fingerprint density at radius 1 is 1.14 bits per heavy atom. The Hall–Kier alpha value is -2.36. The van der Waals surface area contributed by atoms with Crippen LogP contribution in [0.25, 0.3) is 0 Å². The van der Waals surface area contributed by atoms with Gasteiger partial charge in [0.15, 0.2) is 0 Å². The van der Waals surface area contributed by atoms with Crippen molar-refractivity contribution in [2.75, 3.05) is 12.4 Å². The normalized spacial score (nSPS) is 10.3. The monoisotopic (exact) mass is 286 g/mol. The van der Waals surface area contributed by atoms with Crippen LogP contribution >= 0.6 is 0 Å². The van der Waals surface area contributed by atoms with Gasteiger partial charge in [0.05, 0.1) is 5.56 Å². The summed E-state index contributed by atoms with van der Waals surface area (Å²) in [6.45, 7) is 3.83. The van der Waals surface area contributed by atoms with E-state index >= 15 is 0 Å². The Morgan fingerprint density at radius 3 is 2.38 bits per heavy atom. The number of para-hydroxylation sites is 1. The third-order valence-electron chi connectivity index (χ3n) is 3.39. The Bertz CT molecular complexity index is 645. The summed E-state index contributed by atoms with van der Waals surface area (Å²) in [5.74, 6) is -0.342. The van der Waals surface area contributed by atoms with Crippen LogP contribution in [-0.2, 0) is 6.54 Å². The Labute approximate surface area is 124 Å². The molecule has 110 valence electrons. The zero-order valence-corrected chi connectivity index (χ0v) is 12.5. The topological polar surface area (TPSA) is 41.1 Å². The zero-order valence-electron chi connectivity index (χ0n) is 12.5. The van der Waals surface area contributed by atoms with Crippen molar-refractivity contribution in [1.82, 2.24) is 5.32 Å². The number of carbonyl (C=O) groups excluding carboxylic acids is 1. The zero-order chi connectivity index (χ0) is 15.4. The van der Waals surface area contributed by atoms with Crippen LogP contribution in [0.4, 0.5) is 10.1 Å².